The zero-order valence-corrected chi connectivity index (χ0v) is 14.0. The normalized spacial score (nSPS) is 14.8. The number of benzene rings is 1. The van der Waals surface area contributed by atoms with Crippen LogP contribution >= 0.6 is 12.4 Å². The van der Waals surface area contributed by atoms with Crippen LogP contribution in [0.3, 0.4) is 0 Å². The van der Waals surface area contributed by atoms with Crippen LogP contribution in [0.15, 0.2) is 18.2 Å². The first-order valence-electron chi connectivity index (χ1n) is 7.53. The second kappa shape index (κ2) is 9.44. The maximum atomic E-state index is 12.1. The van der Waals surface area contributed by atoms with Crippen molar-refractivity contribution in [3.05, 3.63) is 39.4 Å². The highest BCUT2D eigenvalue weighted by atomic mass is 35.5. The van der Waals surface area contributed by atoms with Gasteiger partial charge in [0, 0.05) is 50.4 Å². The van der Waals surface area contributed by atoms with Gasteiger partial charge in [0.15, 0.2) is 0 Å². The van der Waals surface area contributed by atoms with Gasteiger partial charge in [-0.05, 0) is 31.5 Å². The molecule has 1 saturated heterocycles. The van der Waals surface area contributed by atoms with E-state index in [0.717, 1.165) is 39.1 Å². The largest absolute Gasteiger partial charge is 0.352 e. The van der Waals surface area contributed by atoms with Crippen molar-refractivity contribution in [2.45, 2.75) is 13.3 Å². The topological polar surface area (TPSA) is 87.5 Å². The van der Waals surface area contributed by atoms with Crippen LogP contribution in [-0.2, 0) is 0 Å². The Morgan fingerprint density at radius 2 is 2.04 bits per heavy atom. The number of halogens is 1. The average Bonchev–Trinajstić information content (AvgIpc) is 2.51. The number of carbonyl (C=O) groups excluding carboxylic acids is 1. The average molecular weight is 343 g/mol. The van der Waals surface area contributed by atoms with Crippen LogP contribution in [0.2, 0.25) is 0 Å². The maximum absolute atomic E-state index is 12.1. The lowest BCUT2D eigenvalue weighted by atomic mass is 10.1. The van der Waals surface area contributed by atoms with E-state index < -0.39 is 4.92 Å². The van der Waals surface area contributed by atoms with Gasteiger partial charge in [-0.1, -0.05) is 0 Å². The van der Waals surface area contributed by atoms with Crippen molar-refractivity contribution < 1.29 is 9.72 Å². The highest BCUT2D eigenvalue weighted by Gasteiger charge is 2.13. The Hall–Kier alpha value is -1.70. The lowest BCUT2D eigenvalue weighted by Gasteiger charge is -2.27. The van der Waals surface area contributed by atoms with E-state index in [1.165, 1.54) is 12.1 Å². The first-order chi connectivity index (χ1) is 10.6. The number of nitro benzene ring substituents is 1. The smallest absolute Gasteiger partial charge is 0.270 e. The van der Waals surface area contributed by atoms with Crippen molar-refractivity contribution in [2.24, 2.45) is 0 Å². The van der Waals surface area contributed by atoms with Crippen LogP contribution in [-0.4, -0.2) is 55.0 Å². The molecule has 1 aromatic carbocycles. The first kappa shape index (κ1) is 19.3. The number of aryl methyl sites for hydroxylation is 1. The van der Waals surface area contributed by atoms with E-state index in [9.17, 15) is 14.9 Å². The van der Waals surface area contributed by atoms with Crippen LogP contribution in [0, 0.1) is 17.0 Å². The summed E-state index contributed by atoms with van der Waals surface area (Å²) < 4.78 is 0. The summed E-state index contributed by atoms with van der Waals surface area (Å²) >= 11 is 0. The standard InChI is InChI=1S/C15H22N4O3.ClH/c1-12-9-13(11-14(10-12)19(21)22)15(20)17-3-2-6-18-7-4-16-5-8-18;/h9-11,16H,2-8H2,1H3,(H,17,20);1H. The molecule has 0 aromatic heterocycles. The molecule has 0 bridgehead atoms. The molecule has 0 aliphatic carbocycles. The summed E-state index contributed by atoms with van der Waals surface area (Å²) in [5.41, 5.74) is 1.00. The molecule has 7 nitrogen and oxygen atoms in total. The highest BCUT2D eigenvalue weighted by molar-refractivity contribution is 5.95. The Labute approximate surface area is 142 Å². The molecule has 23 heavy (non-hydrogen) atoms. The molecule has 1 heterocycles. The fourth-order valence-corrected chi connectivity index (χ4v) is 2.54. The quantitative estimate of drug-likeness (QED) is 0.463. The molecule has 2 rings (SSSR count). The Balaban J connectivity index is 0.00000264. The number of nitrogens with one attached hydrogen (secondary N) is 2. The second-order valence-corrected chi connectivity index (χ2v) is 5.52. The van der Waals surface area contributed by atoms with Gasteiger partial charge in [0.1, 0.15) is 0 Å². The van der Waals surface area contributed by atoms with Crippen LogP contribution in [0.4, 0.5) is 5.69 Å². The Kier molecular flexibility index (Phi) is 7.94. The Morgan fingerprint density at radius 1 is 1.35 bits per heavy atom. The molecule has 0 radical (unpaired) electrons. The minimum Gasteiger partial charge on any atom is -0.352 e. The molecule has 1 amide bonds. The zero-order chi connectivity index (χ0) is 15.9. The number of rotatable bonds is 6. The van der Waals surface area contributed by atoms with E-state index in [0.29, 0.717) is 17.7 Å². The zero-order valence-electron chi connectivity index (χ0n) is 13.2. The van der Waals surface area contributed by atoms with Gasteiger partial charge in [0.25, 0.3) is 11.6 Å². The van der Waals surface area contributed by atoms with Crippen molar-refractivity contribution in [2.75, 3.05) is 39.3 Å². The summed E-state index contributed by atoms with van der Waals surface area (Å²) in [6, 6.07) is 4.44. The maximum Gasteiger partial charge on any atom is 0.270 e. The first-order valence-corrected chi connectivity index (χ1v) is 7.53. The predicted octanol–water partition coefficient (Wildman–Crippen LogP) is 1.35. The SMILES string of the molecule is Cc1cc(C(=O)NCCCN2CCNCC2)cc([N+](=O)[O-])c1.Cl. The number of piperazine rings is 1. The van der Waals surface area contributed by atoms with Crippen molar-refractivity contribution >= 4 is 24.0 Å². The molecule has 0 spiro atoms. The summed E-state index contributed by atoms with van der Waals surface area (Å²) in [6.45, 7) is 7.38. The van der Waals surface area contributed by atoms with Gasteiger partial charge in [-0.25, -0.2) is 0 Å². The van der Waals surface area contributed by atoms with E-state index >= 15 is 0 Å². The van der Waals surface area contributed by atoms with E-state index in [4.69, 9.17) is 0 Å². The highest BCUT2D eigenvalue weighted by Crippen LogP contribution is 2.16. The number of hydrogen-bond acceptors (Lipinski definition) is 5. The second-order valence-electron chi connectivity index (χ2n) is 5.52. The molecule has 0 unspecified atom stereocenters. The molecule has 128 valence electrons. The summed E-state index contributed by atoms with van der Waals surface area (Å²) in [6.07, 6.45) is 0.875. The third-order valence-corrected chi connectivity index (χ3v) is 3.68. The van der Waals surface area contributed by atoms with Crippen LogP contribution in [0.5, 0.6) is 0 Å². The fraction of sp³-hybridized carbons (Fsp3) is 0.533. The van der Waals surface area contributed by atoms with Gasteiger partial charge in [-0.3, -0.25) is 14.9 Å². The van der Waals surface area contributed by atoms with E-state index in [1.807, 2.05) is 0 Å². The molecule has 1 aromatic rings. The fourth-order valence-electron chi connectivity index (χ4n) is 2.54. The number of non-ortho nitro benzene ring substituents is 1. The van der Waals surface area contributed by atoms with E-state index in [-0.39, 0.29) is 24.0 Å². The summed E-state index contributed by atoms with van der Waals surface area (Å²) in [7, 11) is 0. The number of nitro groups is 1. The van der Waals surface area contributed by atoms with Gasteiger partial charge < -0.3 is 15.5 Å². The monoisotopic (exact) mass is 342 g/mol. The van der Waals surface area contributed by atoms with Crippen LogP contribution < -0.4 is 10.6 Å². The Bertz CT molecular complexity index is 548. The summed E-state index contributed by atoms with van der Waals surface area (Å²) in [4.78, 5) is 24.8. The molecule has 1 fully saturated rings. The van der Waals surface area contributed by atoms with Gasteiger partial charge in [-0.15, -0.1) is 12.4 Å². The third kappa shape index (κ3) is 6.13. The molecule has 2 N–H and O–H groups in total. The number of carbonyl (C=O) groups is 1. The van der Waals surface area contributed by atoms with Gasteiger partial charge in [-0.2, -0.15) is 0 Å². The summed E-state index contributed by atoms with van der Waals surface area (Å²) in [5, 5.41) is 17.0. The van der Waals surface area contributed by atoms with E-state index in [1.54, 1.807) is 13.0 Å². The molecule has 0 atom stereocenters. The van der Waals surface area contributed by atoms with Crippen molar-refractivity contribution in [1.29, 1.82) is 0 Å². The minimum absolute atomic E-state index is 0. The third-order valence-electron chi connectivity index (χ3n) is 3.68. The van der Waals surface area contributed by atoms with Gasteiger partial charge >= 0.3 is 0 Å². The molecule has 1 aliphatic heterocycles. The van der Waals surface area contributed by atoms with Gasteiger partial charge in [0.05, 0.1) is 4.92 Å². The van der Waals surface area contributed by atoms with Crippen LogP contribution in [0.25, 0.3) is 0 Å². The van der Waals surface area contributed by atoms with Crippen LogP contribution in [0.1, 0.15) is 22.3 Å². The molecule has 0 saturated carbocycles. The number of nitrogens with zero attached hydrogens (tertiary/aromatic N) is 2. The van der Waals surface area contributed by atoms with E-state index in [2.05, 4.69) is 15.5 Å². The number of amides is 1. The molecular weight excluding hydrogens is 320 g/mol. The summed E-state index contributed by atoms with van der Waals surface area (Å²) in [5.74, 6) is -0.257. The lowest BCUT2D eigenvalue weighted by molar-refractivity contribution is -0.384. The van der Waals surface area contributed by atoms with Crippen molar-refractivity contribution in [3.63, 3.8) is 0 Å². The molecular formula is C15H23ClN4O3. The number of hydrogen-bond donors (Lipinski definition) is 2. The minimum atomic E-state index is -0.478. The molecule has 1 aliphatic rings. The lowest BCUT2D eigenvalue weighted by Crippen LogP contribution is -2.44. The predicted molar refractivity (Wildman–Crippen MR) is 91.3 cm³/mol. The van der Waals surface area contributed by atoms with Crippen molar-refractivity contribution in [3.8, 4) is 0 Å². The van der Waals surface area contributed by atoms with Crippen molar-refractivity contribution in [1.82, 2.24) is 15.5 Å². The molecule has 8 heteroatoms. The Morgan fingerprint density at radius 3 is 2.70 bits per heavy atom. The van der Waals surface area contributed by atoms with Gasteiger partial charge in [0.2, 0.25) is 0 Å².